The quantitative estimate of drug-likeness (QED) is 0.878. The molecule has 1 aliphatic rings. The molecule has 0 radical (unpaired) electrons. The van der Waals surface area contributed by atoms with Crippen molar-refractivity contribution >= 4 is 6.03 Å². The number of piperidine rings is 1. The van der Waals surface area contributed by atoms with Gasteiger partial charge in [-0.15, -0.1) is 0 Å². The molecule has 0 saturated carbocycles. The Morgan fingerprint density at radius 1 is 1.45 bits per heavy atom. The lowest BCUT2D eigenvalue weighted by Crippen LogP contribution is -2.47. The molecule has 1 aromatic rings. The summed E-state index contributed by atoms with van der Waals surface area (Å²) in [6, 6.07) is 8.29. The first-order chi connectivity index (χ1) is 10.5. The number of likely N-dealkylation sites (tertiary alicyclic amines) is 1. The van der Waals surface area contributed by atoms with Crippen molar-refractivity contribution in [2.75, 3.05) is 19.6 Å². The van der Waals surface area contributed by atoms with E-state index in [4.69, 9.17) is 0 Å². The average molecular weight is 303 g/mol. The third-order valence-corrected chi connectivity index (χ3v) is 4.19. The van der Waals surface area contributed by atoms with Gasteiger partial charge < -0.3 is 15.5 Å². The summed E-state index contributed by atoms with van der Waals surface area (Å²) in [6.45, 7) is 10.2. The second-order valence-electron chi connectivity index (χ2n) is 6.72. The van der Waals surface area contributed by atoms with Gasteiger partial charge in [0, 0.05) is 25.7 Å². The fourth-order valence-electron chi connectivity index (χ4n) is 3.16. The van der Waals surface area contributed by atoms with Crippen LogP contribution in [0.5, 0.6) is 0 Å². The monoisotopic (exact) mass is 303 g/mol. The molecule has 2 unspecified atom stereocenters. The number of benzene rings is 1. The zero-order chi connectivity index (χ0) is 15.9. The fraction of sp³-hybridized carbons (Fsp3) is 0.611. The Morgan fingerprint density at radius 2 is 2.27 bits per heavy atom. The van der Waals surface area contributed by atoms with Crippen LogP contribution in [0.15, 0.2) is 24.3 Å². The second-order valence-corrected chi connectivity index (χ2v) is 6.72. The number of carbonyl (C=O) groups excluding carboxylic acids is 1. The summed E-state index contributed by atoms with van der Waals surface area (Å²) >= 11 is 0. The van der Waals surface area contributed by atoms with Gasteiger partial charge in [-0.25, -0.2) is 4.79 Å². The van der Waals surface area contributed by atoms with E-state index in [0.29, 0.717) is 6.54 Å². The molecule has 1 fully saturated rings. The number of amides is 2. The van der Waals surface area contributed by atoms with Crippen LogP contribution in [0.4, 0.5) is 4.79 Å². The van der Waals surface area contributed by atoms with Crippen molar-refractivity contribution in [1.82, 2.24) is 15.5 Å². The van der Waals surface area contributed by atoms with Crippen molar-refractivity contribution in [3.63, 3.8) is 0 Å². The van der Waals surface area contributed by atoms with E-state index in [1.165, 1.54) is 18.4 Å². The van der Waals surface area contributed by atoms with Crippen LogP contribution in [-0.4, -0.2) is 36.6 Å². The first kappa shape index (κ1) is 16.8. The molecule has 2 N–H and O–H groups in total. The number of nitrogens with zero attached hydrogens (tertiary/aromatic N) is 1. The highest BCUT2D eigenvalue weighted by molar-refractivity contribution is 5.74. The van der Waals surface area contributed by atoms with Crippen molar-refractivity contribution in [3.8, 4) is 0 Å². The summed E-state index contributed by atoms with van der Waals surface area (Å²) in [6.07, 6.45) is 2.60. The van der Waals surface area contributed by atoms with Crippen molar-refractivity contribution in [3.05, 3.63) is 35.4 Å². The first-order valence-electron chi connectivity index (χ1n) is 8.35. The highest BCUT2D eigenvalue weighted by Crippen LogP contribution is 2.15. The third-order valence-electron chi connectivity index (χ3n) is 4.19. The lowest BCUT2D eigenvalue weighted by atomic mass is 10.00. The van der Waals surface area contributed by atoms with Crippen LogP contribution in [0.3, 0.4) is 0 Å². The molecule has 2 rings (SSSR count). The summed E-state index contributed by atoms with van der Waals surface area (Å²) in [5, 5.41) is 5.97. The van der Waals surface area contributed by atoms with Crippen molar-refractivity contribution in [2.45, 2.75) is 46.2 Å². The van der Waals surface area contributed by atoms with E-state index >= 15 is 0 Å². The van der Waals surface area contributed by atoms with Crippen LogP contribution in [0.1, 0.15) is 37.8 Å². The molecule has 22 heavy (non-hydrogen) atoms. The van der Waals surface area contributed by atoms with Gasteiger partial charge in [0.25, 0.3) is 0 Å². The Labute approximate surface area is 134 Å². The Bertz CT molecular complexity index is 489. The van der Waals surface area contributed by atoms with Crippen LogP contribution < -0.4 is 10.6 Å². The van der Waals surface area contributed by atoms with E-state index in [2.05, 4.69) is 48.4 Å². The van der Waals surface area contributed by atoms with Crippen LogP contribution >= 0.6 is 0 Å². The van der Waals surface area contributed by atoms with E-state index in [0.717, 1.165) is 31.1 Å². The van der Waals surface area contributed by atoms with Gasteiger partial charge >= 0.3 is 6.03 Å². The van der Waals surface area contributed by atoms with Crippen molar-refractivity contribution in [2.24, 2.45) is 5.92 Å². The molecule has 1 heterocycles. The molecule has 2 amide bonds. The molecule has 0 aliphatic carbocycles. The van der Waals surface area contributed by atoms with E-state index in [1.54, 1.807) is 0 Å². The van der Waals surface area contributed by atoms with E-state index in [-0.39, 0.29) is 12.1 Å². The van der Waals surface area contributed by atoms with E-state index in [9.17, 15) is 4.79 Å². The SMILES string of the molecule is Cc1cccc(CNC(=O)NC(C)CN2CCCC(C)C2)c1. The highest BCUT2D eigenvalue weighted by Gasteiger charge is 2.18. The van der Waals surface area contributed by atoms with E-state index < -0.39 is 0 Å². The maximum absolute atomic E-state index is 12.0. The van der Waals surface area contributed by atoms with Gasteiger partial charge in [-0.2, -0.15) is 0 Å². The van der Waals surface area contributed by atoms with Gasteiger partial charge in [-0.1, -0.05) is 36.8 Å². The minimum absolute atomic E-state index is 0.0842. The summed E-state index contributed by atoms with van der Waals surface area (Å²) in [7, 11) is 0. The summed E-state index contributed by atoms with van der Waals surface area (Å²) < 4.78 is 0. The Hall–Kier alpha value is -1.55. The van der Waals surface area contributed by atoms with Crippen molar-refractivity contribution in [1.29, 1.82) is 0 Å². The molecular weight excluding hydrogens is 274 g/mol. The predicted molar refractivity (Wildman–Crippen MR) is 90.9 cm³/mol. The van der Waals surface area contributed by atoms with Crippen molar-refractivity contribution < 1.29 is 4.79 Å². The predicted octanol–water partition coefficient (Wildman–Crippen LogP) is 2.91. The number of hydrogen-bond donors (Lipinski definition) is 2. The summed E-state index contributed by atoms with van der Waals surface area (Å²) in [4.78, 5) is 14.4. The largest absolute Gasteiger partial charge is 0.334 e. The number of rotatable bonds is 5. The molecule has 0 spiro atoms. The molecule has 122 valence electrons. The standard InChI is InChI=1S/C18H29N3O/c1-14-6-4-8-17(10-14)11-19-18(22)20-16(3)13-21-9-5-7-15(2)12-21/h4,6,8,10,15-16H,5,7,9,11-13H2,1-3H3,(H2,19,20,22). The van der Waals surface area contributed by atoms with Gasteiger partial charge in [0.2, 0.25) is 0 Å². The first-order valence-corrected chi connectivity index (χ1v) is 8.35. The highest BCUT2D eigenvalue weighted by atomic mass is 16.2. The number of aryl methyl sites for hydroxylation is 1. The molecule has 2 atom stereocenters. The maximum Gasteiger partial charge on any atom is 0.315 e. The molecular formula is C18H29N3O. The number of carbonyl (C=O) groups is 1. The minimum atomic E-state index is -0.0842. The lowest BCUT2D eigenvalue weighted by molar-refractivity contribution is 0.169. The fourth-order valence-corrected chi connectivity index (χ4v) is 3.16. The van der Waals surface area contributed by atoms with Crippen LogP contribution in [0.2, 0.25) is 0 Å². The Kier molecular flexibility index (Phi) is 6.25. The van der Waals surface area contributed by atoms with E-state index in [1.807, 2.05) is 12.1 Å². The molecule has 0 aromatic heterocycles. The number of urea groups is 1. The summed E-state index contributed by atoms with van der Waals surface area (Å²) in [5.41, 5.74) is 2.35. The van der Waals surface area contributed by atoms with Gasteiger partial charge in [0.15, 0.2) is 0 Å². The zero-order valence-corrected chi connectivity index (χ0v) is 14.1. The van der Waals surface area contributed by atoms with Gasteiger partial charge in [-0.05, 0) is 44.7 Å². The zero-order valence-electron chi connectivity index (χ0n) is 14.1. The van der Waals surface area contributed by atoms with Crippen LogP contribution in [0.25, 0.3) is 0 Å². The maximum atomic E-state index is 12.0. The molecule has 1 saturated heterocycles. The molecule has 4 heteroatoms. The Balaban J connectivity index is 1.69. The average Bonchev–Trinajstić information content (AvgIpc) is 2.45. The van der Waals surface area contributed by atoms with Gasteiger partial charge in [-0.3, -0.25) is 0 Å². The molecule has 4 nitrogen and oxygen atoms in total. The normalized spacial score (nSPS) is 20.4. The second kappa shape index (κ2) is 8.18. The molecule has 1 aromatic carbocycles. The lowest BCUT2D eigenvalue weighted by Gasteiger charge is -2.32. The Morgan fingerprint density at radius 3 is 3.00 bits per heavy atom. The third kappa shape index (κ3) is 5.68. The topological polar surface area (TPSA) is 44.4 Å². The number of hydrogen-bond acceptors (Lipinski definition) is 2. The summed E-state index contributed by atoms with van der Waals surface area (Å²) in [5.74, 6) is 0.774. The van der Waals surface area contributed by atoms with Gasteiger partial charge in [0.1, 0.15) is 0 Å². The van der Waals surface area contributed by atoms with Crippen LogP contribution in [-0.2, 0) is 6.54 Å². The van der Waals surface area contributed by atoms with Gasteiger partial charge in [0.05, 0.1) is 0 Å². The van der Waals surface area contributed by atoms with Crippen LogP contribution in [0, 0.1) is 12.8 Å². The number of nitrogens with one attached hydrogen (secondary N) is 2. The smallest absolute Gasteiger partial charge is 0.315 e. The molecule has 0 bridgehead atoms. The minimum Gasteiger partial charge on any atom is -0.334 e. The molecule has 1 aliphatic heterocycles.